The number of rotatable bonds is 3. The number of allylic oxidation sites excluding steroid dienone is 1. The maximum absolute atomic E-state index is 14.0. The molecule has 2 unspecified atom stereocenters. The van der Waals surface area contributed by atoms with Crippen LogP contribution in [0.15, 0.2) is 53.0 Å². The summed E-state index contributed by atoms with van der Waals surface area (Å²) in [5.41, 5.74) is 0.766. The molecule has 1 aliphatic heterocycles. The Morgan fingerprint density at radius 3 is 2.41 bits per heavy atom. The first-order chi connectivity index (χ1) is 15.3. The molecule has 2 aromatic carbocycles. The van der Waals surface area contributed by atoms with Crippen molar-refractivity contribution in [1.82, 2.24) is 10.2 Å². The molecule has 32 heavy (non-hydrogen) atoms. The monoisotopic (exact) mass is 435 g/mol. The standard InChI is InChI=1S/C23H16F3N5O/c1-12-16-9-14(5-8-19(16)31-30-12)20-17(10-27)21(13-3-6-15(32-2)7-4-13)29-22(18(20)11-28)23(24,25)26/h3-9,18,20H,1-2H3,(H,30,31). The van der Waals surface area contributed by atoms with Crippen LogP contribution in [0.25, 0.3) is 16.6 Å². The molecule has 0 fully saturated rings. The number of methoxy groups -OCH3 is 1. The van der Waals surface area contributed by atoms with Crippen LogP contribution < -0.4 is 4.74 Å². The van der Waals surface area contributed by atoms with Gasteiger partial charge in [-0.05, 0) is 48.9 Å². The smallest absolute Gasteiger partial charge is 0.430 e. The summed E-state index contributed by atoms with van der Waals surface area (Å²) in [6.45, 7) is 1.79. The van der Waals surface area contributed by atoms with Crippen LogP contribution in [0.3, 0.4) is 0 Å². The number of benzene rings is 2. The van der Waals surface area contributed by atoms with E-state index >= 15 is 0 Å². The summed E-state index contributed by atoms with van der Waals surface area (Å²) < 4.78 is 47.0. The van der Waals surface area contributed by atoms with Crippen molar-refractivity contribution < 1.29 is 17.9 Å². The summed E-state index contributed by atoms with van der Waals surface area (Å²) >= 11 is 0. The van der Waals surface area contributed by atoms with Crippen LogP contribution in [0.4, 0.5) is 13.2 Å². The minimum Gasteiger partial charge on any atom is -0.497 e. The molecule has 3 aromatic rings. The molecule has 0 saturated carbocycles. The van der Waals surface area contributed by atoms with Crippen LogP contribution >= 0.6 is 0 Å². The largest absolute Gasteiger partial charge is 0.497 e. The minimum atomic E-state index is -4.84. The lowest BCUT2D eigenvalue weighted by Gasteiger charge is -2.30. The zero-order valence-corrected chi connectivity index (χ0v) is 17.0. The molecule has 6 nitrogen and oxygen atoms in total. The number of halogens is 3. The molecule has 2 heterocycles. The van der Waals surface area contributed by atoms with Gasteiger partial charge in [-0.15, -0.1) is 0 Å². The Labute approximate surface area is 181 Å². The topological polar surface area (TPSA) is 97.8 Å². The molecule has 0 amide bonds. The van der Waals surface area contributed by atoms with Gasteiger partial charge in [0.25, 0.3) is 0 Å². The normalized spacial score (nSPS) is 18.8. The highest BCUT2D eigenvalue weighted by atomic mass is 19.4. The lowest BCUT2D eigenvalue weighted by Crippen LogP contribution is -2.36. The molecule has 160 valence electrons. The van der Waals surface area contributed by atoms with Crippen molar-refractivity contribution >= 4 is 22.3 Å². The van der Waals surface area contributed by atoms with Gasteiger partial charge in [-0.25, -0.2) is 4.99 Å². The zero-order valence-electron chi connectivity index (χ0n) is 17.0. The van der Waals surface area contributed by atoms with E-state index in [1.807, 2.05) is 6.07 Å². The molecule has 1 aliphatic rings. The number of alkyl halides is 3. The highest BCUT2D eigenvalue weighted by Gasteiger charge is 2.48. The van der Waals surface area contributed by atoms with Crippen LogP contribution in [0.5, 0.6) is 5.75 Å². The molecule has 0 aliphatic carbocycles. The van der Waals surface area contributed by atoms with E-state index < -0.39 is 23.7 Å². The third kappa shape index (κ3) is 3.48. The Kier molecular flexibility index (Phi) is 5.19. The first-order valence-corrected chi connectivity index (χ1v) is 9.57. The fourth-order valence-corrected chi connectivity index (χ4v) is 3.90. The number of nitrogens with one attached hydrogen (secondary N) is 1. The number of aryl methyl sites for hydroxylation is 1. The Morgan fingerprint density at radius 2 is 1.81 bits per heavy atom. The van der Waals surface area contributed by atoms with E-state index in [-0.39, 0.29) is 11.3 Å². The number of nitriles is 2. The molecule has 9 heteroatoms. The average Bonchev–Trinajstić information content (AvgIpc) is 3.17. The number of hydrogen-bond acceptors (Lipinski definition) is 5. The highest BCUT2D eigenvalue weighted by Crippen LogP contribution is 2.45. The van der Waals surface area contributed by atoms with Gasteiger partial charge >= 0.3 is 6.18 Å². The Bertz CT molecular complexity index is 1340. The predicted molar refractivity (Wildman–Crippen MR) is 112 cm³/mol. The van der Waals surface area contributed by atoms with E-state index in [1.54, 1.807) is 43.3 Å². The Balaban J connectivity index is 1.99. The molecule has 0 saturated heterocycles. The van der Waals surface area contributed by atoms with E-state index in [0.717, 1.165) is 5.69 Å². The summed E-state index contributed by atoms with van der Waals surface area (Å²) in [7, 11) is 1.47. The van der Waals surface area contributed by atoms with Crippen LogP contribution in [0, 0.1) is 35.5 Å². The van der Waals surface area contributed by atoms with Gasteiger partial charge in [-0.2, -0.15) is 28.8 Å². The van der Waals surface area contributed by atoms with Gasteiger partial charge in [0, 0.05) is 22.6 Å². The zero-order chi connectivity index (χ0) is 23.0. The number of aromatic nitrogens is 2. The van der Waals surface area contributed by atoms with Crippen molar-refractivity contribution in [2.75, 3.05) is 7.11 Å². The van der Waals surface area contributed by atoms with Gasteiger partial charge in [0.05, 0.1) is 36.0 Å². The second-order valence-corrected chi connectivity index (χ2v) is 7.31. The highest BCUT2D eigenvalue weighted by molar-refractivity contribution is 6.02. The molecule has 2 atom stereocenters. The lowest BCUT2D eigenvalue weighted by molar-refractivity contribution is -0.0622. The van der Waals surface area contributed by atoms with Gasteiger partial charge in [0.1, 0.15) is 17.4 Å². The van der Waals surface area contributed by atoms with E-state index in [1.165, 1.54) is 19.2 Å². The van der Waals surface area contributed by atoms with E-state index in [0.29, 0.717) is 27.8 Å². The molecule has 0 spiro atoms. The summed E-state index contributed by atoms with van der Waals surface area (Å²) in [6, 6.07) is 14.9. The summed E-state index contributed by atoms with van der Waals surface area (Å²) in [6.07, 6.45) is -4.84. The van der Waals surface area contributed by atoms with Gasteiger partial charge < -0.3 is 4.74 Å². The number of H-pyrrole nitrogens is 1. The number of nitrogens with zero attached hydrogens (tertiary/aromatic N) is 4. The summed E-state index contributed by atoms with van der Waals surface area (Å²) in [4.78, 5) is 3.80. The van der Waals surface area contributed by atoms with Crippen molar-refractivity contribution in [2.24, 2.45) is 10.9 Å². The van der Waals surface area contributed by atoms with Crippen LogP contribution in [0.1, 0.15) is 22.7 Å². The van der Waals surface area contributed by atoms with Gasteiger partial charge in [-0.1, -0.05) is 6.07 Å². The maximum Gasteiger partial charge on any atom is 0.430 e. The van der Waals surface area contributed by atoms with Gasteiger partial charge in [-0.3, -0.25) is 5.10 Å². The third-order valence-corrected chi connectivity index (χ3v) is 5.47. The Hall–Kier alpha value is -4.11. The van der Waals surface area contributed by atoms with E-state index in [9.17, 15) is 23.7 Å². The second kappa shape index (κ2) is 7.86. The predicted octanol–water partition coefficient (Wildman–Crippen LogP) is 5.06. The summed E-state index contributed by atoms with van der Waals surface area (Å²) in [5, 5.41) is 27.4. The fraction of sp³-hybridized carbons (Fsp3) is 0.217. The van der Waals surface area contributed by atoms with Crippen molar-refractivity contribution in [2.45, 2.75) is 19.0 Å². The third-order valence-electron chi connectivity index (χ3n) is 5.47. The molecule has 1 aromatic heterocycles. The number of ether oxygens (including phenoxy) is 1. The quantitative estimate of drug-likeness (QED) is 0.622. The van der Waals surface area contributed by atoms with Crippen LogP contribution in [-0.4, -0.2) is 29.2 Å². The average molecular weight is 435 g/mol. The van der Waals surface area contributed by atoms with E-state index in [2.05, 4.69) is 15.2 Å². The van der Waals surface area contributed by atoms with Crippen molar-refractivity contribution in [3.8, 4) is 17.9 Å². The molecule has 1 N–H and O–H groups in total. The maximum atomic E-state index is 14.0. The first-order valence-electron chi connectivity index (χ1n) is 9.57. The fourth-order valence-electron chi connectivity index (χ4n) is 3.90. The summed E-state index contributed by atoms with van der Waals surface area (Å²) in [5.74, 6) is -2.30. The number of aliphatic imine (C=N–C) groups is 1. The van der Waals surface area contributed by atoms with Crippen LogP contribution in [-0.2, 0) is 0 Å². The molecule has 4 rings (SSSR count). The van der Waals surface area contributed by atoms with Crippen LogP contribution in [0.2, 0.25) is 0 Å². The molecule has 0 bridgehead atoms. The first kappa shape index (κ1) is 21.1. The van der Waals surface area contributed by atoms with Gasteiger partial charge in [0.2, 0.25) is 0 Å². The second-order valence-electron chi connectivity index (χ2n) is 7.31. The minimum absolute atomic E-state index is 0.00443. The lowest BCUT2D eigenvalue weighted by atomic mass is 9.75. The Morgan fingerprint density at radius 1 is 1.09 bits per heavy atom. The molecular weight excluding hydrogens is 419 g/mol. The molecule has 0 radical (unpaired) electrons. The van der Waals surface area contributed by atoms with Crippen molar-refractivity contribution in [3.05, 3.63) is 64.9 Å². The van der Waals surface area contributed by atoms with E-state index in [4.69, 9.17) is 4.74 Å². The number of aromatic amines is 1. The SMILES string of the molecule is COc1ccc(C2=C(C#N)C(c3ccc4n[nH]c(C)c4c3)C(C#N)C(C(F)(F)F)=N2)cc1. The number of hydrogen-bond donors (Lipinski definition) is 1. The molecular formula is C23H16F3N5O. The van der Waals surface area contributed by atoms with Crippen molar-refractivity contribution in [3.63, 3.8) is 0 Å². The van der Waals surface area contributed by atoms with Crippen molar-refractivity contribution in [1.29, 1.82) is 10.5 Å². The van der Waals surface area contributed by atoms with Gasteiger partial charge in [0.15, 0.2) is 0 Å². The number of fused-ring (bicyclic) bond motifs is 1.